The van der Waals surface area contributed by atoms with Gasteiger partial charge in [-0.1, -0.05) is 0 Å². The van der Waals surface area contributed by atoms with Gasteiger partial charge >= 0.3 is 0 Å². The summed E-state index contributed by atoms with van der Waals surface area (Å²) in [5.41, 5.74) is 4.17. The molecule has 114 valence electrons. The molecule has 1 aliphatic rings. The van der Waals surface area contributed by atoms with Gasteiger partial charge in [0.05, 0.1) is 0 Å². The monoisotopic (exact) mass is 306 g/mol. The molecule has 2 N–H and O–H groups in total. The number of carbonyl (C=O) groups excluding carboxylic acids is 1. The minimum absolute atomic E-state index is 0.250. The van der Waals surface area contributed by atoms with Crippen molar-refractivity contribution >= 4 is 33.8 Å². The van der Waals surface area contributed by atoms with Gasteiger partial charge in [-0.3, -0.25) is 4.79 Å². The predicted octanol–water partition coefficient (Wildman–Crippen LogP) is 1.85. The second kappa shape index (κ2) is 6.87. The molecule has 3 rings (SSSR count). The summed E-state index contributed by atoms with van der Waals surface area (Å²) in [5.74, 6) is 1.13. The first-order valence-electron chi connectivity index (χ1n) is 6.99. The molecule has 2 aromatic rings. The number of pyridine rings is 1. The molecule has 1 amide bonds. The number of nitrogens with two attached hydrogens (primary N) is 1. The van der Waals surface area contributed by atoms with Crippen molar-refractivity contribution in [3.8, 4) is 0 Å². The third-order valence-corrected chi connectivity index (χ3v) is 4.67. The minimum atomic E-state index is 0.250. The van der Waals surface area contributed by atoms with E-state index >= 15 is 0 Å². The number of fused-ring (bicyclic) bond motifs is 1. The highest BCUT2D eigenvalue weighted by Gasteiger charge is 2.24. The lowest BCUT2D eigenvalue weighted by atomic mass is 10.2. The Morgan fingerprint density at radius 1 is 1.48 bits per heavy atom. The Hall–Kier alpha value is -1.66. The van der Waals surface area contributed by atoms with E-state index in [4.69, 9.17) is 9.78 Å². The van der Waals surface area contributed by atoms with Crippen LogP contribution in [0.25, 0.3) is 10.2 Å². The van der Waals surface area contributed by atoms with Crippen LogP contribution in [-0.4, -0.2) is 49.5 Å². The molecule has 0 radical (unpaired) electrons. The summed E-state index contributed by atoms with van der Waals surface area (Å²) in [6.45, 7) is 4.35. The zero-order chi connectivity index (χ0) is 15.4. The molecule has 6 heteroatoms. The third kappa shape index (κ3) is 3.71. The number of aryl methyl sites for hydroxylation is 1. The third-order valence-electron chi connectivity index (χ3n) is 3.71. The van der Waals surface area contributed by atoms with Crippen molar-refractivity contribution in [1.29, 1.82) is 0 Å². The number of likely N-dealkylation sites (N-methyl/N-ethyl adjacent to an activating group) is 1. The molecule has 21 heavy (non-hydrogen) atoms. The lowest BCUT2D eigenvalue weighted by Gasteiger charge is -2.21. The molecule has 1 saturated heterocycles. The first-order chi connectivity index (χ1) is 10.0. The largest absolute Gasteiger partial charge is 0.372 e. The van der Waals surface area contributed by atoms with Gasteiger partial charge in [0.25, 0.3) is 0 Å². The number of amides is 1. The van der Waals surface area contributed by atoms with Crippen LogP contribution in [0.4, 0.5) is 5.82 Å². The lowest BCUT2D eigenvalue weighted by Crippen LogP contribution is -2.31. The molecule has 1 unspecified atom stereocenters. The maximum absolute atomic E-state index is 8.58. The van der Waals surface area contributed by atoms with E-state index in [2.05, 4.69) is 54.8 Å². The van der Waals surface area contributed by atoms with Crippen molar-refractivity contribution < 1.29 is 4.79 Å². The summed E-state index contributed by atoms with van der Waals surface area (Å²) in [4.78, 5) is 20.6. The molecule has 1 fully saturated rings. The molecule has 0 saturated carbocycles. The summed E-state index contributed by atoms with van der Waals surface area (Å²) in [5, 5.41) is 1.27. The second-order valence-electron chi connectivity index (χ2n) is 5.41. The summed E-state index contributed by atoms with van der Waals surface area (Å²) in [6.07, 6.45) is 1.48. The summed E-state index contributed by atoms with van der Waals surface area (Å²) in [6, 6.07) is 7.23. The van der Waals surface area contributed by atoms with Crippen molar-refractivity contribution in [3.05, 3.63) is 23.1 Å². The van der Waals surface area contributed by atoms with Gasteiger partial charge in [0, 0.05) is 29.4 Å². The Labute approximate surface area is 129 Å². The number of rotatable bonds is 2. The smallest absolute Gasteiger partial charge is 0.204 e. The van der Waals surface area contributed by atoms with Crippen LogP contribution >= 0.6 is 11.3 Å². The van der Waals surface area contributed by atoms with E-state index in [9.17, 15) is 0 Å². The van der Waals surface area contributed by atoms with Crippen LogP contribution in [0.5, 0.6) is 0 Å². The van der Waals surface area contributed by atoms with Gasteiger partial charge in [0.2, 0.25) is 6.41 Å². The van der Waals surface area contributed by atoms with Crippen LogP contribution < -0.4 is 10.6 Å². The van der Waals surface area contributed by atoms with Crippen molar-refractivity contribution in [2.75, 3.05) is 32.1 Å². The normalized spacial score (nSPS) is 17.9. The van der Waals surface area contributed by atoms with E-state index in [0.717, 1.165) is 18.9 Å². The van der Waals surface area contributed by atoms with E-state index in [0.29, 0.717) is 6.04 Å². The fourth-order valence-corrected chi connectivity index (χ4v) is 3.46. The Kier molecular flexibility index (Phi) is 5.14. The Balaban J connectivity index is 0.000000497. The van der Waals surface area contributed by atoms with E-state index in [1.54, 1.807) is 11.3 Å². The van der Waals surface area contributed by atoms with E-state index in [1.165, 1.54) is 21.5 Å². The zero-order valence-electron chi connectivity index (χ0n) is 12.7. The number of hydrogen-bond acceptors (Lipinski definition) is 5. The van der Waals surface area contributed by atoms with Crippen LogP contribution in [0.15, 0.2) is 18.2 Å². The van der Waals surface area contributed by atoms with Crippen LogP contribution in [0.2, 0.25) is 0 Å². The average molecular weight is 306 g/mol. The maximum Gasteiger partial charge on any atom is 0.204 e. The number of carbonyl (C=O) groups is 1. The molecular weight excluding hydrogens is 284 g/mol. The van der Waals surface area contributed by atoms with Gasteiger partial charge in [-0.2, -0.15) is 0 Å². The fraction of sp³-hybridized carbons (Fsp3) is 0.467. The highest BCUT2D eigenvalue weighted by Crippen LogP contribution is 2.27. The first-order valence-corrected chi connectivity index (χ1v) is 7.80. The van der Waals surface area contributed by atoms with Gasteiger partial charge < -0.3 is 15.5 Å². The topological polar surface area (TPSA) is 62.5 Å². The summed E-state index contributed by atoms with van der Waals surface area (Å²) < 4.78 is 0. The first kappa shape index (κ1) is 15.7. The molecule has 0 bridgehead atoms. The predicted molar refractivity (Wildman–Crippen MR) is 88.9 cm³/mol. The van der Waals surface area contributed by atoms with Crippen molar-refractivity contribution in [2.45, 2.75) is 19.4 Å². The SMILES string of the molecule is Cc1cc2ccc(N3CCC(N(C)C)C3)nc2s1.NC=O. The number of hydrogen-bond donors (Lipinski definition) is 1. The number of nitrogens with zero attached hydrogens (tertiary/aromatic N) is 3. The average Bonchev–Trinajstić information content (AvgIpc) is 3.03. The van der Waals surface area contributed by atoms with Crippen LogP contribution in [0, 0.1) is 6.92 Å². The molecule has 0 aliphatic carbocycles. The van der Waals surface area contributed by atoms with Gasteiger partial charge in [-0.15, -0.1) is 11.3 Å². The molecule has 3 heterocycles. The molecular formula is C15H22N4OS. The lowest BCUT2D eigenvalue weighted by molar-refractivity contribution is -0.106. The number of aromatic nitrogens is 1. The summed E-state index contributed by atoms with van der Waals surface area (Å²) in [7, 11) is 4.32. The quantitative estimate of drug-likeness (QED) is 0.860. The Morgan fingerprint density at radius 3 is 2.81 bits per heavy atom. The number of thiophene rings is 1. The molecule has 5 nitrogen and oxygen atoms in total. The van der Waals surface area contributed by atoms with Gasteiger partial charge in [0.1, 0.15) is 10.6 Å². The van der Waals surface area contributed by atoms with Gasteiger partial charge in [-0.05, 0) is 45.6 Å². The standard InChI is InChI=1S/C14H19N3S.CH3NO/c1-10-8-11-4-5-13(15-14(11)18-10)17-7-6-12(9-17)16(2)3;2-1-3/h4-5,8,12H,6-7,9H2,1-3H3;1H,(H2,2,3). The number of primary amides is 1. The zero-order valence-corrected chi connectivity index (χ0v) is 13.6. The maximum atomic E-state index is 8.58. The van der Waals surface area contributed by atoms with E-state index < -0.39 is 0 Å². The highest BCUT2D eigenvalue weighted by molar-refractivity contribution is 7.18. The van der Waals surface area contributed by atoms with Crippen LogP contribution in [-0.2, 0) is 4.79 Å². The second-order valence-corrected chi connectivity index (χ2v) is 6.64. The van der Waals surface area contributed by atoms with Crippen molar-refractivity contribution in [1.82, 2.24) is 9.88 Å². The Bertz CT molecular complexity index is 611. The van der Waals surface area contributed by atoms with Crippen molar-refractivity contribution in [2.24, 2.45) is 5.73 Å². The number of anilines is 1. The molecule has 2 aromatic heterocycles. The highest BCUT2D eigenvalue weighted by atomic mass is 32.1. The van der Waals surface area contributed by atoms with E-state index in [-0.39, 0.29) is 6.41 Å². The Morgan fingerprint density at radius 2 is 2.19 bits per heavy atom. The van der Waals surface area contributed by atoms with Gasteiger partial charge in [0.15, 0.2) is 0 Å². The molecule has 0 aromatic carbocycles. The minimum Gasteiger partial charge on any atom is -0.372 e. The van der Waals surface area contributed by atoms with Gasteiger partial charge in [-0.25, -0.2) is 4.98 Å². The summed E-state index contributed by atoms with van der Waals surface area (Å²) >= 11 is 1.78. The molecule has 1 aliphatic heterocycles. The van der Waals surface area contributed by atoms with Crippen LogP contribution in [0.1, 0.15) is 11.3 Å². The van der Waals surface area contributed by atoms with Crippen LogP contribution in [0.3, 0.4) is 0 Å². The van der Waals surface area contributed by atoms with E-state index in [1.807, 2.05) is 0 Å². The molecule has 1 atom stereocenters. The van der Waals surface area contributed by atoms with Crippen molar-refractivity contribution in [3.63, 3.8) is 0 Å². The molecule has 0 spiro atoms. The fourth-order valence-electron chi connectivity index (χ4n) is 2.58.